The monoisotopic (exact) mass is 228 g/mol. The summed E-state index contributed by atoms with van der Waals surface area (Å²) in [5, 5.41) is 8.83. The highest BCUT2D eigenvalue weighted by molar-refractivity contribution is 7.99. The van der Waals surface area contributed by atoms with E-state index in [1.165, 1.54) is 12.2 Å². The third-order valence-corrected chi connectivity index (χ3v) is 3.83. The zero-order chi connectivity index (χ0) is 11.7. The lowest BCUT2D eigenvalue weighted by atomic mass is 9.89. The Morgan fingerprint density at radius 2 is 2.07 bits per heavy atom. The average Bonchev–Trinajstić information content (AvgIpc) is 2.22. The molecule has 0 rings (SSSR count). The van der Waals surface area contributed by atoms with Crippen molar-refractivity contribution in [3.05, 3.63) is 0 Å². The van der Waals surface area contributed by atoms with Crippen LogP contribution in [-0.2, 0) is 0 Å². The van der Waals surface area contributed by atoms with Gasteiger partial charge in [-0.25, -0.2) is 0 Å². The van der Waals surface area contributed by atoms with Gasteiger partial charge in [-0.1, -0.05) is 13.3 Å². The summed E-state index contributed by atoms with van der Waals surface area (Å²) in [6.07, 6.45) is 3.38. The molecule has 0 bridgehead atoms. The Hall–Kier alpha value is -0.200. The van der Waals surface area contributed by atoms with Gasteiger partial charge in [-0.15, -0.1) is 0 Å². The Morgan fingerprint density at radius 3 is 2.60 bits per heavy atom. The Bertz CT molecular complexity index is 196. The molecule has 0 spiro atoms. The van der Waals surface area contributed by atoms with Gasteiger partial charge in [0.25, 0.3) is 0 Å². The molecule has 1 atom stereocenters. The number of nitriles is 1. The molecule has 0 saturated heterocycles. The molecule has 0 fully saturated rings. The first-order valence-electron chi connectivity index (χ1n) is 5.71. The van der Waals surface area contributed by atoms with Gasteiger partial charge in [0.05, 0.1) is 11.5 Å². The maximum absolute atomic E-state index is 8.83. The molecule has 0 amide bonds. The second kappa shape index (κ2) is 8.01. The van der Waals surface area contributed by atoms with Crippen LogP contribution in [0.4, 0.5) is 0 Å². The summed E-state index contributed by atoms with van der Waals surface area (Å²) >= 11 is 1.98. The standard InChI is InChI=1S/C12H24N2S/c1-11(8-13)9-15-7-5-4-6-12(2,3)10-14/h11H,4-9,13H2,1-3H3. The van der Waals surface area contributed by atoms with Crippen molar-refractivity contribution in [2.45, 2.75) is 40.0 Å². The van der Waals surface area contributed by atoms with E-state index in [0.717, 1.165) is 25.1 Å². The topological polar surface area (TPSA) is 49.8 Å². The van der Waals surface area contributed by atoms with Crippen LogP contribution in [0, 0.1) is 22.7 Å². The van der Waals surface area contributed by atoms with Crippen molar-refractivity contribution in [2.75, 3.05) is 18.1 Å². The van der Waals surface area contributed by atoms with Crippen LogP contribution in [0.15, 0.2) is 0 Å². The predicted molar refractivity (Wildman–Crippen MR) is 68.8 cm³/mol. The highest BCUT2D eigenvalue weighted by Gasteiger charge is 2.15. The molecule has 15 heavy (non-hydrogen) atoms. The molecule has 3 heteroatoms. The molecule has 0 aliphatic rings. The lowest BCUT2D eigenvalue weighted by Crippen LogP contribution is -2.13. The number of rotatable bonds is 8. The Balaban J connectivity index is 3.30. The first-order valence-corrected chi connectivity index (χ1v) is 6.86. The molecule has 0 radical (unpaired) electrons. The zero-order valence-corrected chi connectivity index (χ0v) is 11.1. The molecule has 0 aliphatic carbocycles. The molecule has 2 nitrogen and oxygen atoms in total. The largest absolute Gasteiger partial charge is 0.330 e. The molecule has 0 aliphatic heterocycles. The van der Waals surface area contributed by atoms with Gasteiger partial charge in [0.2, 0.25) is 0 Å². The lowest BCUT2D eigenvalue weighted by Gasteiger charge is -2.14. The molecule has 0 heterocycles. The summed E-state index contributed by atoms with van der Waals surface area (Å²) in [4.78, 5) is 0. The van der Waals surface area contributed by atoms with Gasteiger partial charge >= 0.3 is 0 Å². The molecular weight excluding hydrogens is 204 g/mol. The second-order valence-electron chi connectivity index (χ2n) is 4.87. The van der Waals surface area contributed by atoms with E-state index >= 15 is 0 Å². The Kier molecular flexibility index (Phi) is 7.90. The highest BCUT2D eigenvalue weighted by Crippen LogP contribution is 2.22. The molecule has 88 valence electrons. The van der Waals surface area contributed by atoms with Crippen LogP contribution in [0.5, 0.6) is 0 Å². The van der Waals surface area contributed by atoms with Gasteiger partial charge in [0.1, 0.15) is 0 Å². The number of thioether (sulfide) groups is 1. The molecule has 0 aromatic heterocycles. The fourth-order valence-corrected chi connectivity index (χ4v) is 2.29. The number of nitrogens with two attached hydrogens (primary N) is 1. The number of hydrogen-bond donors (Lipinski definition) is 1. The van der Waals surface area contributed by atoms with Crippen LogP contribution in [0.25, 0.3) is 0 Å². The van der Waals surface area contributed by atoms with Crippen LogP contribution < -0.4 is 5.73 Å². The highest BCUT2D eigenvalue weighted by atomic mass is 32.2. The van der Waals surface area contributed by atoms with Crippen molar-refractivity contribution in [2.24, 2.45) is 17.1 Å². The first-order chi connectivity index (χ1) is 7.02. The molecule has 0 aromatic carbocycles. The van der Waals surface area contributed by atoms with Crippen molar-refractivity contribution in [3.63, 3.8) is 0 Å². The minimum atomic E-state index is -0.144. The van der Waals surface area contributed by atoms with Gasteiger partial charge in [-0.2, -0.15) is 17.0 Å². The smallest absolute Gasteiger partial charge is 0.0683 e. The van der Waals surface area contributed by atoms with Gasteiger partial charge in [-0.3, -0.25) is 0 Å². The van der Waals surface area contributed by atoms with E-state index in [1.807, 2.05) is 25.6 Å². The average molecular weight is 228 g/mol. The third-order valence-electron chi connectivity index (χ3n) is 2.45. The van der Waals surface area contributed by atoms with Crippen molar-refractivity contribution >= 4 is 11.8 Å². The normalized spacial score (nSPS) is 13.5. The van der Waals surface area contributed by atoms with E-state index in [2.05, 4.69) is 13.0 Å². The summed E-state index contributed by atoms with van der Waals surface area (Å²) in [5.41, 5.74) is 5.40. The van der Waals surface area contributed by atoms with Gasteiger partial charge < -0.3 is 5.73 Å². The van der Waals surface area contributed by atoms with Gasteiger partial charge in [-0.05, 0) is 50.7 Å². The fraction of sp³-hybridized carbons (Fsp3) is 0.917. The Labute approximate surface area is 98.6 Å². The summed E-state index contributed by atoms with van der Waals surface area (Å²) < 4.78 is 0. The Morgan fingerprint density at radius 1 is 1.40 bits per heavy atom. The molecule has 1 unspecified atom stereocenters. The van der Waals surface area contributed by atoms with Crippen molar-refractivity contribution in [1.82, 2.24) is 0 Å². The second-order valence-corrected chi connectivity index (χ2v) is 6.02. The molecule has 0 aromatic rings. The number of unbranched alkanes of at least 4 members (excludes halogenated alkanes) is 1. The van der Waals surface area contributed by atoms with Crippen LogP contribution in [0.2, 0.25) is 0 Å². The SMILES string of the molecule is CC(CN)CSCCCCC(C)(C)C#N. The zero-order valence-electron chi connectivity index (χ0n) is 10.3. The van der Waals surface area contributed by atoms with Crippen molar-refractivity contribution in [1.29, 1.82) is 5.26 Å². The predicted octanol–water partition coefficient (Wildman–Crippen LogP) is 3.03. The van der Waals surface area contributed by atoms with Gasteiger partial charge in [0, 0.05) is 0 Å². The first kappa shape index (κ1) is 14.8. The third kappa shape index (κ3) is 8.77. The summed E-state index contributed by atoms with van der Waals surface area (Å²) in [7, 11) is 0. The number of hydrogen-bond acceptors (Lipinski definition) is 3. The van der Waals surface area contributed by atoms with E-state index in [0.29, 0.717) is 5.92 Å². The summed E-state index contributed by atoms with van der Waals surface area (Å²) in [5.74, 6) is 3.00. The minimum absolute atomic E-state index is 0.144. The van der Waals surface area contributed by atoms with E-state index in [4.69, 9.17) is 11.0 Å². The van der Waals surface area contributed by atoms with Gasteiger partial charge in [0.15, 0.2) is 0 Å². The van der Waals surface area contributed by atoms with Crippen molar-refractivity contribution in [3.8, 4) is 6.07 Å². The number of nitrogens with zero attached hydrogens (tertiary/aromatic N) is 1. The van der Waals surface area contributed by atoms with E-state index in [-0.39, 0.29) is 5.41 Å². The van der Waals surface area contributed by atoms with E-state index in [9.17, 15) is 0 Å². The molecular formula is C12H24N2S. The molecule has 2 N–H and O–H groups in total. The minimum Gasteiger partial charge on any atom is -0.330 e. The van der Waals surface area contributed by atoms with E-state index in [1.54, 1.807) is 0 Å². The summed E-state index contributed by atoms with van der Waals surface area (Å²) in [6, 6.07) is 2.34. The lowest BCUT2D eigenvalue weighted by molar-refractivity contribution is 0.433. The van der Waals surface area contributed by atoms with E-state index < -0.39 is 0 Å². The van der Waals surface area contributed by atoms with Crippen LogP contribution in [0.1, 0.15) is 40.0 Å². The molecule has 0 saturated carbocycles. The summed E-state index contributed by atoms with van der Waals surface area (Å²) in [6.45, 7) is 6.99. The maximum atomic E-state index is 8.83. The quantitative estimate of drug-likeness (QED) is 0.650. The van der Waals surface area contributed by atoms with Crippen LogP contribution in [0.3, 0.4) is 0 Å². The van der Waals surface area contributed by atoms with Crippen LogP contribution >= 0.6 is 11.8 Å². The van der Waals surface area contributed by atoms with Crippen LogP contribution in [-0.4, -0.2) is 18.1 Å². The fourth-order valence-electron chi connectivity index (χ4n) is 1.18. The maximum Gasteiger partial charge on any atom is 0.0683 e. The van der Waals surface area contributed by atoms with Crippen molar-refractivity contribution < 1.29 is 0 Å².